The maximum Gasteiger partial charge on any atom is 0.261 e. The van der Waals surface area contributed by atoms with Crippen LogP contribution >= 0.6 is 31.9 Å². The van der Waals surface area contributed by atoms with Gasteiger partial charge in [0.15, 0.2) is 5.54 Å². The van der Waals surface area contributed by atoms with Gasteiger partial charge in [0.05, 0.1) is 11.6 Å². The maximum atomic E-state index is 14.7. The van der Waals surface area contributed by atoms with Crippen LogP contribution in [0.5, 0.6) is 0 Å². The number of guanidine groups is 2. The largest absolute Gasteiger partial charge is 0.361 e. The molecule has 0 unspecified atom stereocenters. The number of hydrogen-bond acceptors (Lipinski definition) is 4. The van der Waals surface area contributed by atoms with Crippen LogP contribution in [0.15, 0.2) is 51.5 Å². The average molecular weight is 666 g/mol. The van der Waals surface area contributed by atoms with Gasteiger partial charge < -0.3 is 19.8 Å². The Morgan fingerprint density at radius 2 is 1.45 bits per heavy atom. The van der Waals surface area contributed by atoms with Crippen LogP contribution in [0.2, 0.25) is 0 Å². The molecule has 10 nitrogen and oxygen atoms in total. The number of fused-ring (bicyclic) bond motifs is 5. The van der Waals surface area contributed by atoms with Crippen LogP contribution in [0.1, 0.15) is 22.7 Å². The van der Waals surface area contributed by atoms with E-state index in [1.54, 1.807) is 38.0 Å². The molecule has 2 aromatic carbocycles. The molecule has 204 valence electrons. The number of nitrogens with zero attached hydrogens (tertiary/aromatic N) is 4. The minimum Gasteiger partial charge on any atom is -0.361 e. The summed E-state index contributed by atoms with van der Waals surface area (Å²) < 4.78 is 1.78. The van der Waals surface area contributed by atoms with Crippen molar-refractivity contribution < 1.29 is 9.59 Å². The van der Waals surface area contributed by atoms with Gasteiger partial charge in [-0.05, 0) is 35.4 Å². The molecule has 2 aliphatic heterocycles. The summed E-state index contributed by atoms with van der Waals surface area (Å²) in [5, 5.41) is 19.6. The highest BCUT2D eigenvalue weighted by atomic mass is 79.9. The zero-order valence-electron chi connectivity index (χ0n) is 22.2. The molecular formula is C28H26Br2N8O2. The van der Waals surface area contributed by atoms with Crippen LogP contribution in [0.4, 0.5) is 0 Å². The lowest BCUT2D eigenvalue weighted by molar-refractivity contribution is -0.142. The van der Waals surface area contributed by atoms with E-state index < -0.39 is 17.0 Å². The van der Waals surface area contributed by atoms with E-state index in [0.29, 0.717) is 5.69 Å². The SMILES string of the molecule is CN1C(=N)N(C)[C@@]2(C1=O)c1[nH]c3cc(Br)ccc3c1C[C@@]1(C(=O)N(C)C(=N)N1C)[C@@H]2c1c[nH]c2cc(Br)ccc12. The standard InChI is InChI=1S/C28H26Br2N8O2/c1-35-23(39)27(37(3)25(35)31)11-17-15-7-5-14(30)10-20(15)34-22(17)28(24(40)36(2)26(32)38(28)4)21(27)18-12-33-19-9-13(29)6-8-16(18)19/h5-10,12,21,31-34H,11H2,1-4H3/t21-,27-,28+/m0/s1. The third-order valence-corrected chi connectivity index (χ3v) is 10.3. The molecule has 3 aliphatic rings. The van der Waals surface area contributed by atoms with Crippen LogP contribution in [0.25, 0.3) is 21.8 Å². The maximum absolute atomic E-state index is 14.7. The molecule has 12 heteroatoms. The van der Waals surface area contributed by atoms with Crippen molar-refractivity contribution in [2.24, 2.45) is 0 Å². The number of nitrogens with one attached hydrogen (secondary N) is 4. The molecule has 7 rings (SSSR count). The van der Waals surface area contributed by atoms with E-state index >= 15 is 0 Å². The molecule has 2 fully saturated rings. The number of carbonyl (C=O) groups excluding carboxylic acids is 2. The molecular weight excluding hydrogens is 640 g/mol. The summed E-state index contributed by atoms with van der Waals surface area (Å²) in [5.41, 5.74) is 1.19. The predicted molar refractivity (Wildman–Crippen MR) is 159 cm³/mol. The van der Waals surface area contributed by atoms with Gasteiger partial charge in [-0.15, -0.1) is 0 Å². The van der Waals surface area contributed by atoms with Crippen LogP contribution in [-0.4, -0.2) is 87.0 Å². The third kappa shape index (κ3) is 2.73. The number of carbonyl (C=O) groups is 2. The van der Waals surface area contributed by atoms with Gasteiger partial charge in [0, 0.05) is 71.6 Å². The number of aromatic nitrogens is 2. The minimum atomic E-state index is -1.47. The van der Waals surface area contributed by atoms with Crippen LogP contribution in [-0.2, 0) is 21.5 Å². The summed E-state index contributed by atoms with van der Waals surface area (Å²) in [6.07, 6.45) is 2.15. The lowest BCUT2D eigenvalue weighted by atomic mass is 9.58. The van der Waals surface area contributed by atoms with E-state index in [1.165, 1.54) is 9.80 Å². The van der Waals surface area contributed by atoms with Crippen molar-refractivity contribution in [3.05, 3.63) is 68.4 Å². The highest BCUT2D eigenvalue weighted by molar-refractivity contribution is 9.10. The zero-order valence-corrected chi connectivity index (χ0v) is 25.4. The Hall–Kier alpha value is -3.64. The Bertz CT molecular complexity index is 1840. The minimum absolute atomic E-state index is 0.0388. The Balaban J connectivity index is 1.68. The van der Waals surface area contributed by atoms with Crippen molar-refractivity contribution >= 4 is 77.4 Å². The van der Waals surface area contributed by atoms with E-state index in [-0.39, 0.29) is 30.2 Å². The predicted octanol–water partition coefficient (Wildman–Crippen LogP) is 4.13. The van der Waals surface area contributed by atoms with Crippen molar-refractivity contribution in [2.75, 3.05) is 28.2 Å². The summed E-state index contributed by atoms with van der Waals surface area (Å²) in [4.78, 5) is 42.4. The Morgan fingerprint density at radius 1 is 0.850 bits per heavy atom. The molecule has 4 N–H and O–H groups in total. The summed E-state index contributed by atoms with van der Waals surface area (Å²) in [7, 11) is 6.73. The van der Waals surface area contributed by atoms with Gasteiger partial charge in [-0.25, -0.2) is 0 Å². The fourth-order valence-corrected chi connectivity index (χ4v) is 8.10. The van der Waals surface area contributed by atoms with E-state index in [2.05, 4.69) is 41.8 Å². The second kappa shape index (κ2) is 7.97. The number of H-pyrrole nitrogens is 2. The highest BCUT2D eigenvalue weighted by Crippen LogP contribution is 2.61. The topological polar surface area (TPSA) is 126 Å². The molecule has 0 saturated carbocycles. The van der Waals surface area contributed by atoms with Gasteiger partial charge in [-0.3, -0.25) is 30.2 Å². The molecule has 0 radical (unpaired) electrons. The van der Waals surface area contributed by atoms with Crippen molar-refractivity contribution in [2.45, 2.75) is 23.4 Å². The van der Waals surface area contributed by atoms with Crippen LogP contribution in [0, 0.1) is 10.8 Å². The first-order valence-electron chi connectivity index (χ1n) is 12.7. The molecule has 1 aliphatic carbocycles. The summed E-state index contributed by atoms with van der Waals surface area (Å²) in [5.74, 6) is -1.24. The molecule has 0 bridgehead atoms. The van der Waals surface area contributed by atoms with Crippen molar-refractivity contribution in [3.8, 4) is 0 Å². The Labute approximate surface area is 246 Å². The van der Waals surface area contributed by atoms with Gasteiger partial charge in [-0.1, -0.05) is 44.0 Å². The van der Waals surface area contributed by atoms with Crippen molar-refractivity contribution in [3.63, 3.8) is 0 Å². The number of rotatable bonds is 1. The number of benzene rings is 2. The summed E-state index contributed by atoms with van der Waals surface area (Å²) in [6.45, 7) is 0. The normalized spacial score (nSPS) is 26.6. The number of hydrogen-bond donors (Lipinski definition) is 4. The first kappa shape index (κ1) is 25.3. The van der Waals surface area contributed by atoms with Gasteiger partial charge >= 0.3 is 0 Å². The molecule has 3 atom stereocenters. The molecule has 2 saturated heterocycles. The smallest absolute Gasteiger partial charge is 0.261 e. The quantitative estimate of drug-likeness (QED) is 0.244. The molecule has 4 heterocycles. The molecule has 4 aromatic rings. The lowest BCUT2D eigenvalue weighted by Crippen LogP contribution is -2.67. The van der Waals surface area contributed by atoms with Gasteiger partial charge in [0.25, 0.3) is 11.8 Å². The number of aromatic amines is 2. The Kier molecular flexibility index (Phi) is 5.05. The van der Waals surface area contributed by atoms with Crippen LogP contribution < -0.4 is 0 Å². The summed E-state index contributed by atoms with van der Waals surface area (Å²) in [6, 6.07) is 11.8. The van der Waals surface area contributed by atoms with Gasteiger partial charge in [0.1, 0.15) is 5.54 Å². The molecule has 2 spiro atoms. The van der Waals surface area contributed by atoms with E-state index in [1.807, 2.05) is 42.6 Å². The number of likely N-dealkylation sites (N-methyl/N-ethyl adjacent to an activating group) is 4. The first-order valence-corrected chi connectivity index (χ1v) is 14.3. The first-order chi connectivity index (χ1) is 19.0. The van der Waals surface area contributed by atoms with Crippen LogP contribution in [0.3, 0.4) is 0 Å². The van der Waals surface area contributed by atoms with Crippen molar-refractivity contribution in [1.82, 2.24) is 29.6 Å². The monoisotopic (exact) mass is 664 g/mol. The zero-order chi connectivity index (χ0) is 28.5. The second-order valence-corrected chi connectivity index (χ2v) is 12.7. The number of halogens is 2. The lowest BCUT2D eigenvalue weighted by Gasteiger charge is -2.53. The van der Waals surface area contributed by atoms with E-state index in [9.17, 15) is 9.59 Å². The van der Waals surface area contributed by atoms with Crippen molar-refractivity contribution in [1.29, 1.82) is 10.8 Å². The van der Waals surface area contributed by atoms with Gasteiger partial charge in [-0.2, -0.15) is 0 Å². The van der Waals surface area contributed by atoms with Gasteiger partial charge in [0.2, 0.25) is 11.9 Å². The summed E-state index contributed by atoms with van der Waals surface area (Å²) >= 11 is 7.12. The third-order valence-electron chi connectivity index (χ3n) is 9.28. The fraction of sp³-hybridized carbons (Fsp3) is 0.286. The van der Waals surface area contributed by atoms with E-state index in [0.717, 1.165) is 41.9 Å². The number of amides is 2. The average Bonchev–Trinajstić information content (AvgIpc) is 3.59. The second-order valence-electron chi connectivity index (χ2n) is 10.9. The Morgan fingerprint density at radius 3 is 2.05 bits per heavy atom. The van der Waals surface area contributed by atoms with E-state index in [4.69, 9.17) is 10.8 Å². The molecule has 40 heavy (non-hydrogen) atoms. The molecule has 2 amide bonds. The fourth-order valence-electron chi connectivity index (χ4n) is 7.37. The molecule has 2 aromatic heterocycles. The highest BCUT2D eigenvalue weighted by Gasteiger charge is 2.74.